The fourth-order valence-corrected chi connectivity index (χ4v) is 4.15. The van der Waals surface area contributed by atoms with Crippen LogP contribution in [-0.4, -0.2) is 15.3 Å². The Hall–Kier alpha value is -2.46. The van der Waals surface area contributed by atoms with Crippen molar-refractivity contribution in [1.82, 2.24) is 9.55 Å². The molecule has 1 aliphatic rings. The van der Waals surface area contributed by atoms with Crippen LogP contribution in [0.3, 0.4) is 0 Å². The average molecular weight is 334 g/mol. The van der Waals surface area contributed by atoms with Crippen molar-refractivity contribution in [3.63, 3.8) is 0 Å². The molecule has 2 aromatic heterocycles. The molecule has 0 aliphatic heterocycles. The van der Waals surface area contributed by atoms with Crippen molar-refractivity contribution in [1.29, 1.82) is 0 Å². The summed E-state index contributed by atoms with van der Waals surface area (Å²) in [5.74, 6) is 0.163. The molecule has 0 saturated carbocycles. The van der Waals surface area contributed by atoms with Crippen molar-refractivity contribution in [2.24, 2.45) is 0 Å². The number of aryl methyl sites for hydroxylation is 2. The summed E-state index contributed by atoms with van der Waals surface area (Å²) in [6.07, 6.45) is 5.61. The smallest absolute Gasteiger partial charge is 0.193 e. The van der Waals surface area contributed by atoms with Gasteiger partial charge in [-0.15, -0.1) is 11.3 Å². The molecule has 1 aliphatic carbocycles. The molecule has 0 atom stereocenters. The van der Waals surface area contributed by atoms with Crippen LogP contribution in [0.5, 0.6) is 0 Å². The third-order valence-corrected chi connectivity index (χ3v) is 5.38. The van der Waals surface area contributed by atoms with Crippen LogP contribution in [0, 0.1) is 13.8 Å². The average Bonchev–Trinajstić information content (AvgIpc) is 3.19. The summed E-state index contributed by atoms with van der Waals surface area (Å²) in [7, 11) is 0. The Kier molecular flexibility index (Phi) is 3.69. The number of benzene rings is 1. The first-order valence-corrected chi connectivity index (χ1v) is 8.95. The molecule has 24 heavy (non-hydrogen) atoms. The van der Waals surface area contributed by atoms with Crippen molar-refractivity contribution in [2.75, 3.05) is 0 Å². The van der Waals surface area contributed by atoms with E-state index in [9.17, 15) is 4.79 Å². The van der Waals surface area contributed by atoms with Gasteiger partial charge in [-0.2, -0.15) is 0 Å². The van der Waals surface area contributed by atoms with Crippen LogP contribution in [0.4, 0.5) is 0 Å². The molecular formula is C20H18N2OS. The van der Waals surface area contributed by atoms with Gasteiger partial charge < -0.3 is 0 Å². The van der Waals surface area contributed by atoms with E-state index in [-0.39, 0.29) is 5.78 Å². The quantitative estimate of drug-likeness (QED) is 0.633. The van der Waals surface area contributed by atoms with Crippen molar-refractivity contribution in [2.45, 2.75) is 26.7 Å². The maximum Gasteiger partial charge on any atom is 0.193 e. The van der Waals surface area contributed by atoms with Crippen molar-refractivity contribution in [3.05, 3.63) is 75.6 Å². The van der Waals surface area contributed by atoms with Crippen LogP contribution in [-0.2, 0) is 6.42 Å². The Bertz CT molecular complexity index is 948. The highest BCUT2D eigenvalue weighted by Crippen LogP contribution is 2.29. The number of carbonyl (C=O) groups excluding carboxylic acids is 1. The number of fused-ring (bicyclic) bond motifs is 1. The van der Waals surface area contributed by atoms with Crippen LogP contribution in [0.15, 0.2) is 47.5 Å². The fourth-order valence-electron chi connectivity index (χ4n) is 3.40. The van der Waals surface area contributed by atoms with Crippen LogP contribution in [0.25, 0.3) is 11.2 Å². The normalized spacial score (nSPS) is 15.8. The summed E-state index contributed by atoms with van der Waals surface area (Å²) in [6, 6.07) is 10.1. The van der Waals surface area contributed by atoms with E-state index in [0.717, 1.165) is 51.6 Å². The molecule has 0 spiro atoms. The van der Waals surface area contributed by atoms with Crippen molar-refractivity contribution in [3.8, 4) is 5.13 Å². The van der Waals surface area contributed by atoms with E-state index < -0.39 is 0 Å². The lowest BCUT2D eigenvalue weighted by atomic mass is 9.86. The first kappa shape index (κ1) is 15.1. The Balaban J connectivity index is 1.75. The third kappa shape index (κ3) is 2.43. The van der Waals surface area contributed by atoms with Gasteiger partial charge in [0.15, 0.2) is 10.9 Å². The minimum atomic E-state index is 0.163. The number of hydrogen-bond donors (Lipinski definition) is 0. The predicted octanol–water partition coefficient (Wildman–Crippen LogP) is 4.76. The maximum absolute atomic E-state index is 12.8. The molecule has 3 aromatic rings. The standard InChI is InChI=1S/C20H18N2OS/c1-13-11-17(14(2)22(13)20-21-9-10-24-20)12-16-8-7-15-5-3-4-6-18(15)19(16)23/h3-6,9-12H,7-8H2,1-2H3/b16-12+. The second kappa shape index (κ2) is 5.87. The van der Waals surface area contributed by atoms with E-state index in [0.29, 0.717) is 0 Å². The summed E-state index contributed by atoms with van der Waals surface area (Å²) in [4.78, 5) is 17.2. The Morgan fingerprint density at radius 3 is 2.83 bits per heavy atom. The van der Waals surface area contributed by atoms with Gasteiger partial charge in [-0.05, 0) is 50.0 Å². The molecule has 4 rings (SSSR count). The van der Waals surface area contributed by atoms with Gasteiger partial charge in [0.25, 0.3) is 0 Å². The number of rotatable bonds is 2. The topological polar surface area (TPSA) is 34.9 Å². The number of allylic oxidation sites excluding steroid dienone is 1. The lowest BCUT2D eigenvalue weighted by Gasteiger charge is -2.17. The fraction of sp³-hybridized carbons (Fsp3) is 0.200. The predicted molar refractivity (Wildman–Crippen MR) is 98.0 cm³/mol. The number of nitrogens with zero attached hydrogens (tertiary/aromatic N) is 2. The molecule has 0 amide bonds. The minimum absolute atomic E-state index is 0.163. The van der Waals surface area contributed by atoms with E-state index in [1.54, 1.807) is 11.3 Å². The Morgan fingerprint density at radius 2 is 2.04 bits per heavy atom. The molecule has 0 fully saturated rings. The largest absolute Gasteiger partial charge is 0.294 e. The van der Waals surface area contributed by atoms with Crippen LogP contribution >= 0.6 is 11.3 Å². The van der Waals surface area contributed by atoms with E-state index in [4.69, 9.17) is 0 Å². The van der Waals surface area contributed by atoms with Gasteiger partial charge in [0.2, 0.25) is 0 Å². The summed E-state index contributed by atoms with van der Waals surface area (Å²) in [5.41, 5.74) is 6.27. The second-order valence-corrected chi connectivity index (χ2v) is 7.01. The molecule has 0 saturated heterocycles. The molecule has 120 valence electrons. The number of hydrogen-bond acceptors (Lipinski definition) is 3. The van der Waals surface area contributed by atoms with E-state index in [1.165, 1.54) is 0 Å². The van der Waals surface area contributed by atoms with Crippen molar-refractivity contribution >= 4 is 23.2 Å². The lowest BCUT2D eigenvalue weighted by molar-refractivity contribution is 0.102. The summed E-state index contributed by atoms with van der Waals surface area (Å²) in [6.45, 7) is 4.16. The van der Waals surface area contributed by atoms with Gasteiger partial charge in [0, 0.05) is 34.1 Å². The van der Waals surface area contributed by atoms with Crippen LogP contribution in [0.2, 0.25) is 0 Å². The highest BCUT2D eigenvalue weighted by Gasteiger charge is 2.22. The molecule has 3 nitrogen and oxygen atoms in total. The number of carbonyl (C=O) groups is 1. The van der Waals surface area contributed by atoms with E-state index >= 15 is 0 Å². The highest BCUT2D eigenvalue weighted by atomic mass is 32.1. The number of thiazole rings is 1. The molecule has 0 N–H and O–H groups in total. The zero-order valence-corrected chi connectivity index (χ0v) is 14.6. The maximum atomic E-state index is 12.8. The second-order valence-electron chi connectivity index (χ2n) is 6.13. The number of Topliss-reactive ketones (excluding diaryl/α,β-unsaturated/α-hetero) is 1. The first-order valence-electron chi connectivity index (χ1n) is 8.07. The number of ketones is 1. The van der Waals surface area contributed by atoms with Gasteiger partial charge in [0.05, 0.1) is 0 Å². The molecular weight excluding hydrogens is 316 g/mol. The van der Waals surface area contributed by atoms with Gasteiger partial charge >= 0.3 is 0 Å². The molecule has 1 aromatic carbocycles. The van der Waals surface area contributed by atoms with Gasteiger partial charge in [-0.3, -0.25) is 9.36 Å². The number of aromatic nitrogens is 2. The zero-order valence-electron chi connectivity index (χ0n) is 13.7. The van der Waals surface area contributed by atoms with Crippen LogP contribution < -0.4 is 0 Å². The van der Waals surface area contributed by atoms with Gasteiger partial charge in [-0.1, -0.05) is 24.3 Å². The minimum Gasteiger partial charge on any atom is -0.294 e. The monoisotopic (exact) mass is 334 g/mol. The van der Waals surface area contributed by atoms with Gasteiger partial charge in [0.1, 0.15) is 0 Å². The summed E-state index contributed by atoms with van der Waals surface area (Å²) in [5, 5.41) is 2.95. The van der Waals surface area contributed by atoms with Crippen LogP contribution in [0.1, 0.15) is 39.3 Å². The highest BCUT2D eigenvalue weighted by molar-refractivity contribution is 7.12. The zero-order chi connectivity index (χ0) is 16.7. The molecule has 2 heterocycles. The molecule has 0 bridgehead atoms. The van der Waals surface area contributed by atoms with Crippen molar-refractivity contribution < 1.29 is 4.79 Å². The Labute approximate surface area is 145 Å². The van der Waals surface area contributed by atoms with E-state index in [2.05, 4.69) is 41.6 Å². The molecule has 0 radical (unpaired) electrons. The molecule has 0 unspecified atom stereocenters. The molecule has 4 heteroatoms. The van der Waals surface area contributed by atoms with E-state index in [1.807, 2.05) is 29.8 Å². The van der Waals surface area contributed by atoms with Gasteiger partial charge in [-0.25, -0.2) is 4.98 Å². The Morgan fingerprint density at radius 1 is 1.21 bits per heavy atom. The summed E-state index contributed by atoms with van der Waals surface area (Å²) >= 11 is 1.62. The first-order chi connectivity index (χ1) is 11.6. The summed E-state index contributed by atoms with van der Waals surface area (Å²) < 4.78 is 2.15. The lowest BCUT2D eigenvalue weighted by Crippen LogP contribution is -2.13. The SMILES string of the molecule is Cc1cc(/C=C2\CCc3ccccc3C2=O)c(C)n1-c1nccs1. The third-order valence-electron chi connectivity index (χ3n) is 4.63.